The molecule has 3 aliphatic heterocycles. The molecule has 3 aliphatic rings. The minimum Gasteiger partial charge on any atom is -0.476 e. The van der Waals surface area contributed by atoms with Gasteiger partial charge in [-0.15, -0.1) is 0 Å². The van der Waals surface area contributed by atoms with Gasteiger partial charge in [-0.2, -0.15) is 0 Å². The largest absolute Gasteiger partial charge is 0.476 e. The number of fused-ring (bicyclic) bond motifs is 3. The number of aryl methyl sites for hydroxylation is 1. The standard InChI is InChI=1S/C24H29FN2O4/c1-16-22(28)12-23(31-15-20-14-29-9-10-30-20)27-8-6-17-11-19(4-5-21(17)24(16)27)26-7-2-3-18(25)13-26/h4-5,11-12,18,20H,2-3,6-10,13-15H2,1H3. The molecular formula is C24H29FN2O4. The number of hydrogen-bond acceptors (Lipinski definition) is 5. The molecule has 4 heterocycles. The molecule has 0 spiro atoms. The molecule has 2 saturated heterocycles. The number of ether oxygens (including phenoxy) is 3. The maximum atomic E-state index is 13.9. The summed E-state index contributed by atoms with van der Waals surface area (Å²) in [4.78, 5) is 14.9. The molecule has 2 atom stereocenters. The first-order valence-corrected chi connectivity index (χ1v) is 11.2. The summed E-state index contributed by atoms with van der Waals surface area (Å²) in [5.74, 6) is 0.575. The fourth-order valence-corrected chi connectivity index (χ4v) is 4.83. The SMILES string of the molecule is Cc1c2n(c(OCC3COCCO3)cc1=O)CCc1cc(N3CCCC(F)C3)ccc1-2. The van der Waals surface area contributed by atoms with Crippen LogP contribution in [0.1, 0.15) is 24.0 Å². The summed E-state index contributed by atoms with van der Waals surface area (Å²) < 4.78 is 33.1. The summed E-state index contributed by atoms with van der Waals surface area (Å²) in [5.41, 5.74) is 4.92. The number of alkyl halides is 1. The van der Waals surface area contributed by atoms with Crippen LogP contribution in [0.5, 0.6) is 5.88 Å². The Kier molecular flexibility index (Phi) is 5.71. The van der Waals surface area contributed by atoms with Crippen molar-refractivity contribution in [3.8, 4) is 17.1 Å². The van der Waals surface area contributed by atoms with Crippen molar-refractivity contribution in [3.05, 3.63) is 45.6 Å². The minimum atomic E-state index is -0.760. The molecule has 0 N–H and O–H groups in total. The molecule has 166 valence electrons. The second-order valence-corrected chi connectivity index (χ2v) is 8.63. The Labute approximate surface area is 181 Å². The minimum absolute atomic E-state index is 0.0321. The van der Waals surface area contributed by atoms with Gasteiger partial charge in [0.05, 0.1) is 25.5 Å². The molecule has 0 bridgehead atoms. The quantitative estimate of drug-likeness (QED) is 0.749. The Hall–Kier alpha value is -2.38. The molecule has 2 unspecified atom stereocenters. The summed E-state index contributed by atoms with van der Waals surface area (Å²) in [6.45, 7) is 5.98. The van der Waals surface area contributed by atoms with Gasteiger partial charge in [-0.3, -0.25) is 4.79 Å². The third-order valence-electron chi connectivity index (χ3n) is 6.50. The average molecular weight is 429 g/mol. The van der Waals surface area contributed by atoms with Crippen molar-refractivity contribution in [2.45, 2.75) is 45.0 Å². The Morgan fingerprint density at radius 3 is 2.94 bits per heavy atom. The summed E-state index contributed by atoms with van der Waals surface area (Å²) in [6, 6.07) is 7.88. The van der Waals surface area contributed by atoms with Crippen LogP contribution >= 0.6 is 0 Å². The lowest BCUT2D eigenvalue weighted by molar-refractivity contribution is -0.102. The third kappa shape index (κ3) is 4.08. The van der Waals surface area contributed by atoms with E-state index in [1.165, 1.54) is 5.56 Å². The van der Waals surface area contributed by atoms with Crippen LogP contribution in [0.3, 0.4) is 0 Å². The number of hydrogen-bond donors (Lipinski definition) is 0. The number of nitrogens with zero attached hydrogens (tertiary/aromatic N) is 2. The topological polar surface area (TPSA) is 52.9 Å². The van der Waals surface area contributed by atoms with Crippen molar-refractivity contribution in [1.82, 2.24) is 4.57 Å². The molecule has 2 fully saturated rings. The molecule has 0 saturated carbocycles. The van der Waals surface area contributed by atoms with E-state index in [9.17, 15) is 9.18 Å². The molecule has 7 heteroatoms. The maximum Gasteiger partial charge on any atom is 0.197 e. The molecule has 31 heavy (non-hydrogen) atoms. The molecule has 0 radical (unpaired) electrons. The summed E-state index contributed by atoms with van der Waals surface area (Å²) in [7, 11) is 0. The van der Waals surface area contributed by atoms with Crippen LogP contribution in [0.15, 0.2) is 29.1 Å². The Balaban J connectivity index is 1.45. The van der Waals surface area contributed by atoms with Crippen LogP contribution in [0.2, 0.25) is 0 Å². The van der Waals surface area contributed by atoms with Gasteiger partial charge in [-0.1, -0.05) is 6.07 Å². The smallest absolute Gasteiger partial charge is 0.197 e. The number of piperidine rings is 1. The van der Waals surface area contributed by atoms with Crippen molar-refractivity contribution in [1.29, 1.82) is 0 Å². The molecule has 1 aromatic heterocycles. The van der Waals surface area contributed by atoms with E-state index in [2.05, 4.69) is 27.7 Å². The van der Waals surface area contributed by atoms with Crippen molar-refractivity contribution in [3.63, 3.8) is 0 Å². The van der Waals surface area contributed by atoms with Crippen molar-refractivity contribution in [2.75, 3.05) is 44.4 Å². The molecule has 0 amide bonds. The predicted octanol–water partition coefficient (Wildman–Crippen LogP) is 3.11. The van der Waals surface area contributed by atoms with Gasteiger partial charge in [-0.25, -0.2) is 4.39 Å². The monoisotopic (exact) mass is 428 g/mol. The van der Waals surface area contributed by atoms with Crippen molar-refractivity contribution < 1.29 is 18.6 Å². The molecule has 6 nitrogen and oxygen atoms in total. The zero-order chi connectivity index (χ0) is 21.4. The number of aromatic nitrogens is 1. The van der Waals surface area contributed by atoms with E-state index in [0.29, 0.717) is 45.3 Å². The highest BCUT2D eigenvalue weighted by molar-refractivity contribution is 5.72. The van der Waals surface area contributed by atoms with Crippen LogP contribution in [0, 0.1) is 6.92 Å². The van der Waals surface area contributed by atoms with Gasteiger partial charge in [0, 0.05) is 42.5 Å². The van der Waals surface area contributed by atoms with E-state index in [0.717, 1.165) is 48.4 Å². The van der Waals surface area contributed by atoms with Gasteiger partial charge >= 0.3 is 0 Å². The van der Waals surface area contributed by atoms with E-state index in [-0.39, 0.29) is 11.5 Å². The maximum absolute atomic E-state index is 13.9. The lowest BCUT2D eigenvalue weighted by Gasteiger charge is -2.33. The van der Waals surface area contributed by atoms with E-state index in [1.54, 1.807) is 6.07 Å². The fourth-order valence-electron chi connectivity index (χ4n) is 4.83. The Morgan fingerprint density at radius 2 is 2.13 bits per heavy atom. The highest BCUT2D eigenvalue weighted by atomic mass is 19.1. The zero-order valence-corrected chi connectivity index (χ0v) is 17.9. The number of benzene rings is 1. The van der Waals surface area contributed by atoms with Gasteiger partial charge in [0.15, 0.2) is 11.3 Å². The van der Waals surface area contributed by atoms with Gasteiger partial charge < -0.3 is 23.7 Å². The molecule has 2 aromatic rings. The Morgan fingerprint density at radius 1 is 1.23 bits per heavy atom. The third-order valence-corrected chi connectivity index (χ3v) is 6.50. The molecular weight excluding hydrogens is 399 g/mol. The van der Waals surface area contributed by atoms with Crippen LogP contribution in [0.4, 0.5) is 10.1 Å². The van der Waals surface area contributed by atoms with E-state index >= 15 is 0 Å². The van der Waals surface area contributed by atoms with Crippen LogP contribution in [-0.4, -0.2) is 56.4 Å². The summed E-state index contributed by atoms with van der Waals surface area (Å²) in [5, 5.41) is 0. The zero-order valence-electron chi connectivity index (χ0n) is 17.9. The van der Waals surface area contributed by atoms with Crippen LogP contribution in [0.25, 0.3) is 11.3 Å². The second-order valence-electron chi connectivity index (χ2n) is 8.63. The van der Waals surface area contributed by atoms with Crippen molar-refractivity contribution in [2.24, 2.45) is 0 Å². The van der Waals surface area contributed by atoms with E-state index < -0.39 is 6.17 Å². The normalized spacial score (nSPS) is 23.2. The van der Waals surface area contributed by atoms with Gasteiger partial charge in [0.1, 0.15) is 18.9 Å². The lowest BCUT2D eigenvalue weighted by Crippen LogP contribution is -2.36. The number of anilines is 1. The second kappa shape index (κ2) is 8.63. The number of halogens is 1. The molecule has 0 aliphatic carbocycles. The first kappa shape index (κ1) is 20.5. The van der Waals surface area contributed by atoms with Crippen LogP contribution < -0.4 is 15.1 Å². The summed E-state index contributed by atoms with van der Waals surface area (Å²) in [6.07, 6.45) is 1.49. The number of pyridine rings is 1. The van der Waals surface area contributed by atoms with E-state index in [4.69, 9.17) is 14.2 Å². The predicted molar refractivity (Wildman–Crippen MR) is 117 cm³/mol. The lowest BCUT2D eigenvalue weighted by atomic mass is 9.93. The highest BCUT2D eigenvalue weighted by Crippen LogP contribution is 2.36. The first-order valence-electron chi connectivity index (χ1n) is 11.2. The Bertz CT molecular complexity index is 1020. The highest BCUT2D eigenvalue weighted by Gasteiger charge is 2.25. The van der Waals surface area contributed by atoms with Gasteiger partial charge in [0.25, 0.3) is 0 Å². The van der Waals surface area contributed by atoms with Gasteiger partial charge in [0.2, 0.25) is 0 Å². The van der Waals surface area contributed by atoms with Gasteiger partial charge in [-0.05, 0) is 43.9 Å². The molecule has 5 rings (SSSR count). The fraction of sp³-hybridized carbons (Fsp3) is 0.542. The van der Waals surface area contributed by atoms with Crippen LogP contribution in [-0.2, 0) is 22.4 Å². The summed E-state index contributed by atoms with van der Waals surface area (Å²) >= 11 is 0. The average Bonchev–Trinajstić information content (AvgIpc) is 2.80. The first-order chi connectivity index (χ1) is 15.1. The number of rotatable bonds is 4. The van der Waals surface area contributed by atoms with Crippen molar-refractivity contribution >= 4 is 5.69 Å². The molecule has 1 aromatic carbocycles. The van der Waals surface area contributed by atoms with E-state index in [1.807, 2.05) is 6.92 Å².